The summed E-state index contributed by atoms with van der Waals surface area (Å²) in [4.78, 5) is 13.3. The summed E-state index contributed by atoms with van der Waals surface area (Å²) in [5.41, 5.74) is 0.610. The van der Waals surface area contributed by atoms with Crippen LogP contribution in [0, 0.1) is 10.1 Å². The van der Waals surface area contributed by atoms with Gasteiger partial charge in [0.25, 0.3) is 5.69 Å². The molecule has 1 aromatic carbocycles. The van der Waals surface area contributed by atoms with Gasteiger partial charge in [0.1, 0.15) is 5.69 Å². The predicted octanol–water partition coefficient (Wildman–Crippen LogP) is 5.11. The van der Waals surface area contributed by atoms with E-state index in [0.717, 1.165) is 35.1 Å². The Bertz CT molecular complexity index is 845. The number of hydrazone groups is 1. The van der Waals surface area contributed by atoms with Crippen LogP contribution in [-0.2, 0) is 6.18 Å². The first kappa shape index (κ1) is 19.2. The van der Waals surface area contributed by atoms with Crippen molar-refractivity contribution in [3.63, 3.8) is 0 Å². The number of nitrogens with one attached hydrogen (secondary N) is 1. The van der Waals surface area contributed by atoms with Gasteiger partial charge in [-0.05, 0) is 43.5 Å². The van der Waals surface area contributed by atoms with E-state index in [2.05, 4.69) is 15.4 Å². The van der Waals surface area contributed by atoms with Gasteiger partial charge in [-0.1, -0.05) is 0 Å². The molecule has 0 radical (unpaired) electrons. The third-order valence-corrected chi connectivity index (χ3v) is 5.26. The first-order valence-electron chi connectivity index (χ1n) is 8.34. The van der Waals surface area contributed by atoms with Crippen LogP contribution in [0.5, 0.6) is 0 Å². The van der Waals surface area contributed by atoms with Gasteiger partial charge in [-0.2, -0.15) is 18.3 Å². The maximum absolute atomic E-state index is 12.7. The van der Waals surface area contributed by atoms with Crippen molar-refractivity contribution in [2.75, 3.05) is 23.4 Å². The highest BCUT2D eigenvalue weighted by Gasteiger charge is 2.33. The Balaban J connectivity index is 1.71. The molecular weight excluding hydrogens is 381 g/mol. The van der Waals surface area contributed by atoms with Crippen LogP contribution >= 0.6 is 11.3 Å². The summed E-state index contributed by atoms with van der Waals surface area (Å²) < 4.78 is 38.2. The smallest absolute Gasteiger partial charge is 0.363 e. The molecule has 3 rings (SSSR count). The van der Waals surface area contributed by atoms with E-state index in [1.807, 2.05) is 12.1 Å². The zero-order valence-electron chi connectivity index (χ0n) is 14.2. The Kier molecular flexibility index (Phi) is 5.64. The second-order valence-corrected chi connectivity index (χ2v) is 7.17. The van der Waals surface area contributed by atoms with E-state index in [0.29, 0.717) is 6.07 Å². The van der Waals surface area contributed by atoms with Crippen LogP contribution in [-0.4, -0.2) is 24.2 Å². The Hall–Kier alpha value is -2.62. The molecule has 1 N–H and O–H groups in total. The lowest BCUT2D eigenvalue weighted by Crippen LogP contribution is -2.28. The fraction of sp³-hybridized carbons (Fsp3) is 0.353. The molecule has 1 saturated heterocycles. The number of rotatable bonds is 5. The van der Waals surface area contributed by atoms with Crippen LogP contribution in [0.15, 0.2) is 35.4 Å². The average Bonchev–Trinajstić information content (AvgIpc) is 3.10. The Morgan fingerprint density at radius 3 is 2.59 bits per heavy atom. The van der Waals surface area contributed by atoms with Gasteiger partial charge in [0, 0.05) is 24.0 Å². The normalized spacial score (nSPS) is 15.3. The number of hydrogen-bond donors (Lipinski definition) is 1. The summed E-state index contributed by atoms with van der Waals surface area (Å²) in [6.07, 6.45) is 0.431. The molecule has 0 aliphatic carbocycles. The number of thiophene rings is 1. The number of benzene rings is 1. The van der Waals surface area contributed by atoms with Gasteiger partial charge in [-0.3, -0.25) is 15.5 Å². The van der Waals surface area contributed by atoms with E-state index in [9.17, 15) is 23.3 Å². The quantitative estimate of drug-likeness (QED) is 0.432. The SMILES string of the molecule is O=[N+]([O-])c1cc(C(F)(F)F)ccc1N/N=C\c1ccc(N2CCCCC2)s1. The molecule has 0 unspecified atom stereocenters. The molecule has 2 aromatic rings. The van der Waals surface area contributed by atoms with Crippen molar-refractivity contribution < 1.29 is 18.1 Å². The molecule has 10 heteroatoms. The molecule has 27 heavy (non-hydrogen) atoms. The summed E-state index contributed by atoms with van der Waals surface area (Å²) in [5, 5.41) is 16.1. The minimum Gasteiger partial charge on any atom is -0.363 e. The van der Waals surface area contributed by atoms with E-state index in [1.165, 1.54) is 25.5 Å². The van der Waals surface area contributed by atoms with Gasteiger partial charge in [0.2, 0.25) is 0 Å². The van der Waals surface area contributed by atoms with Crippen molar-refractivity contribution in [1.82, 2.24) is 0 Å². The Morgan fingerprint density at radius 2 is 1.93 bits per heavy atom. The van der Waals surface area contributed by atoms with Gasteiger partial charge < -0.3 is 4.90 Å². The summed E-state index contributed by atoms with van der Waals surface area (Å²) in [5.74, 6) is 0. The third kappa shape index (κ3) is 4.76. The molecule has 0 spiro atoms. The maximum Gasteiger partial charge on any atom is 0.416 e. The Morgan fingerprint density at radius 1 is 1.19 bits per heavy atom. The molecule has 1 aliphatic rings. The molecule has 0 saturated carbocycles. The molecule has 1 aromatic heterocycles. The fourth-order valence-corrected chi connectivity index (χ4v) is 3.75. The number of piperidine rings is 1. The lowest BCUT2D eigenvalue weighted by Gasteiger charge is -2.27. The number of alkyl halides is 3. The molecule has 1 aliphatic heterocycles. The van der Waals surface area contributed by atoms with Crippen molar-refractivity contribution in [2.45, 2.75) is 25.4 Å². The third-order valence-electron chi connectivity index (χ3n) is 4.18. The summed E-state index contributed by atoms with van der Waals surface area (Å²) >= 11 is 1.54. The molecule has 0 amide bonds. The topological polar surface area (TPSA) is 70.8 Å². The molecule has 0 atom stereocenters. The second-order valence-electron chi connectivity index (χ2n) is 6.08. The van der Waals surface area contributed by atoms with Crippen molar-refractivity contribution in [1.29, 1.82) is 0 Å². The van der Waals surface area contributed by atoms with Gasteiger partial charge in [-0.15, -0.1) is 11.3 Å². The van der Waals surface area contributed by atoms with E-state index in [4.69, 9.17) is 0 Å². The highest BCUT2D eigenvalue weighted by atomic mass is 32.1. The largest absolute Gasteiger partial charge is 0.416 e. The van der Waals surface area contributed by atoms with E-state index < -0.39 is 22.4 Å². The Labute approximate surface area is 157 Å². The number of nitrogens with zero attached hydrogens (tertiary/aromatic N) is 3. The predicted molar refractivity (Wildman–Crippen MR) is 99.7 cm³/mol. The van der Waals surface area contributed by atoms with Crippen LogP contribution in [0.2, 0.25) is 0 Å². The summed E-state index contributed by atoms with van der Waals surface area (Å²) in [6.45, 7) is 2.04. The van der Waals surface area contributed by atoms with Crippen molar-refractivity contribution in [3.05, 3.63) is 50.9 Å². The first-order chi connectivity index (χ1) is 12.8. The van der Waals surface area contributed by atoms with Gasteiger partial charge in [0.05, 0.1) is 21.7 Å². The number of nitro groups is 1. The number of halogens is 3. The number of nitro benzene ring substituents is 1. The highest BCUT2D eigenvalue weighted by molar-refractivity contribution is 7.17. The summed E-state index contributed by atoms with van der Waals surface area (Å²) in [6, 6.07) is 6.17. The molecule has 2 heterocycles. The first-order valence-corrected chi connectivity index (χ1v) is 9.16. The van der Waals surface area contributed by atoms with Crippen LogP contribution in [0.1, 0.15) is 29.7 Å². The minimum atomic E-state index is -4.64. The van der Waals surface area contributed by atoms with Gasteiger partial charge >= 0.3 is 6.18 Å². The highest BCUT2D eigenvalue weighted by Crippen LogP contribution is 2.35. The number of hydrogen-bond acceptors (Lipinski definition) is 6. The van der Waals surface area contributed by atoms with Crippen LogP contribution in [0.4, 0.5) is 29.5 Å². The van der Waals surface area contributed by atoms with Crippen molar-refractivity contribution in [3.8, 4) is 0 Å². The summed E-state index contributed by atoms with van der Waals surface area (Å²) in [7, 11) is 0. The van der Waals surface area contributed by atoms with E-state index in [1.54, 1.807) is 11.3 Å². The van der Waals surface area contributed by atoms with Gasteiger partial charge in [-0.25, -0.2) is 0 Å². The van der Waals surface area contributed by atoms with Gasteiger partial charge in [0.15, 0.2) is 0 Å². The van der Waals surface area contributed by atoms with Crippen LogP contribution in [0.3, 0.4) is 0 Å². The molecule has 1 fully saturated rings. The second kappa shape index (κ2) is 7.95. The molecule has 0 bridgehead atoms. The van der Waals surface area contributed by atoms with Crippen molar-refractivity contribution >= 4 is 33.9 Å². The minimum absolute atomic E-state index is 0.0999. The fourth-order valence-electron chi connectivity index (χ4n) is 2.81. The monoisotopic (exact) mass is 398 g/mol. The standard InChI is InChI=1S/C17H17F3N4O2S/c18-17(19,20)12-4-6-14(15(10-12)24(25)26)22-21-11-13-5-7-16(27-13)23-8-2-1-3-9-23/h4-7,10-11,22H,1-3,8-9H2/b21-11-. The van der Waals surface area contributed by atoms with Crippen molar-refractivity contribution in [2.24, 2.45) is 5.10 Å². The molecule has 144 valence electrons. The number of anilines is 2. The van der Waals surface area contributed by atoms with Crippen LogP contribution in [0.25, 0.3) is 0 Å². The van der Waals surface area contributed by atoms with E-state index in [-0.39, 0.29) is 5.69 Å². The average molecular weight is 398 g/mol. The van der Waals surface area contributed by atoms with Crippen LogP contribution < -0.4 is 10.3 Å². The lowest BCUT2D eigenvalue weighted by molar-refractivity contribution is -0.384. The zero-order chi connectivity index (χ0) is 19.4. The van der Waals surface area contributed by atoms with E-state index >= 15 is 0 Å². The zero-order valence-corrected chi connectivity index (χ0v) is 15.0. The maximum atomic E-state index is 12.7. The molecular formula is C17H17F3N4O2S. The lowest BCUT2D eigenvalue weighted by atomic mass is 10.1. The molecule has 6 nitrogen and oxygen atoms in total.